The van der Waals surface area contributed by atoms with Crippen LogP contribution >= 0.6 is 55.9 Å². The number of nitrogens with zero attached hydrogens (tertiary/aromatic N) is 1. The predicted octanol–water partition coefficient (Wildman–Crippen LogP) is 5.55. The Labute approximate surface area is 793 Å². The summed E-state index contributed by atoms with van der Waals surface area (Å²) in [5.41, 5.74) is 13.6. The zero-order valence-corrected chi connectivity index (χ0v) is 81.0. The number of hydrogen-bond donors (Lipinski definition) is 14. The summed E-state index contributed by atoms with van der Waals surface area (Å²) in [6.07, 6.45) is -16.0. The van der Waals surface area contributed by atoms with Crippen LogP contribution < -0.4 is 63.1 Å². The van der Waals surface area contributed by atoms with Crippen LogP contribution in [0.25, 0.3) is 0 Å². The number of urea groups is 1. The maximum Gasteiger partial charge on any atom is 0.411 e. The van der Waals surface area contributed by atoms with E-state index < -0.39 is 203 Å². The first-order valence-corrected chi connectivity index (χ1v) is 47.6. The monoisotopic (exact) mass is 2010 g/mol. The van der Waals surface area contributed by atoms with Crippen molar-refractivity contribution in [2.45, 2.75) is 265 Å². The number of aliphatic hydroxyl groups excluding tert-OH is 4. The molecule has 4 saturated heterocycles. The Bertz CT molecular complexity index is 4720. The largest absolute Gasteiger partial charge is 0.492 e. The highest BCUT2D eigenvalue weighted by Crippen LogP contribution is 2.50. The maximum atomic E-state index is 14.7. The number of allylic oxidation sites excluding steroid dienone is 3. The molecule has 0 unspecified atom stereocenters. The second-order valence-corrected chi connectivity index (χ2v) is 38.2. The van der Waals surface area contributed by atoms with Gasteiger partial charge in [0.15, 0.2) is 41.8 Å². The zero-order chi connectivity index (χ0) is 96.6. The smallest absolute Gasteiger partial charge is 0.411 e. The molecule has 9 rings (SSSR count). The standard InChI is InChI=1S/C90H123IN10O28S3/c1-16-101(88(114)122-44-52-32-34-54(35-33-52)96-80(108)57(30-26-39-94-86(93)112)97-82(110)68(46(2)3)98-81(109)56(95-51(8)102)29-23-25-38-92)58-45-121-63(42-62(58)116-11)127-77-72(106)69(100-129-64-41-59(103)79(50(7)123-64)131-83(111)65-47(4)67(91)75(78(119-14)74(65)117-12)128-84-73(107)76(118-13)71(105)49(6)125-84)48(5)124-85(77)126-61-31-22-17-18-24-37-90(115)43-60(104)70(99-87(113)120-15)66(61)55(90)36-40-130-132-89(9,10)53-27-20-19-21-28-53/h17-21,27-28,32-36,46,48-50,56-59,61-64,68-69,71-73,76-77,79,84-85,100,103,105-107,115H,16,23,25-26,29-30,38-45,92H2,1-15H3,(H,95,102)(H,96,108)(H,97,110)(H,98,109)(H,99,113)(H3,93,94,112)/b18-17?,55-36+/t48-,49+,50-,56+,57+,58+,59+,61+,62+,63+,64+,68+,69-,71+,72+,73-,76-,77-,79-,84+,85+,90+/m1/s1. The summed E-state index contributed by atoms with van der Waals surface area (Å²) in [6.45, 7) is 17.0. The molecule has 6 aliphatic rings. The highest BCUT2D eigenvalue weighted by molar-refractivity contribution is 14.1. The van der Waals surface area contributed by atoms with Crippen molar-refractivity contribution in [2.75, 3.05) is 72.9 Å². The number of fused-ring (bicyclic) bond motifs is 2. The van der Waals surface area contributed by atoms with Crippen molar-refractivity contribution in [3.05, 3.63) is 115 Å². The van der Waals surface area contributed by atoms with Gasteiger partial charge in [0.05, 0.1) is 97.0 Å². The molecule has 42 heteroatoms. The van der Waals surface area contributed by atoms with Crippen molar-refractivity contribution in [2.24, 2.45) is 17.4 Å². The number of ether oxygens (including phenoxy) is 13. The van der Waals surface area contributed by atoms with Crippen molar-refractivity contribution in [1.29, 1.82) is 0 Å². The van der Waals surface area contributed by atoms with Crippen molar-refractivity contribution in [3.63, 3.8) is 0 Å². The van der Waals surface area contributed by atoms with E-state index in [-0.39, 0.29) is 104 Å². The van der Waals surface area contributed by atoms with Gasteiger partial charge in [0, 0.05) is 74.4 Å². The molecule has 0 aromatic heterocycles. The van der Waals surface area contributed by atoms with Crippen molar-refractivity contribution >= 4 is 114 Å². The minimum absolute atomic E-state index is 0.0109. The van der Waals surface area contributed by atoms with Crippen LogP contribution in [0.15, 0.2) is 89.7 Å². The average molecular weight is 2020 g/mol. The van der Waals surface area contributed by atoms with Gasteiger partial charge in [-0.3, -0.25) is 38.9 Å². The Kier molecular flexibility index (Phi) is 41.0. The molecule has 2 bridgehead atoms. The number of Topliss-reactive ketones (excluding diaryl/α,β-unsaturated/α-hetero) is 1. The summed E-state index contributed by atoms with van der Waals surface area (Å²) in [6, 6.07) is 10.0. The van der Waals surface area contributed by atoms with Crippen molar-refractivity contribution in [3.8, 4) is 40.9 Å². The molecular weight excluding hydrogens is 1890 g/mol. The van der Waals surface area contributed by atoms with Crippen LogP contribution in [0.3, 0.4) is 0 Å². The molecule has 4 heterocycles. The summed E-state index contributed by atoms with van der Waals surface area (Å²) in [4.78, 5) is 130. The number of unbranched alkanes of at least 4 members (excludes halogenated alkanes) is 1. The van der Waals surface area contributed by atoms with Crippen LogP contribution in [0, 0.1) is 40.1 Å². The van der Waals surface area contributed by atoms with E-state index in [9.17, 15) is 68.7 Å². The number of nitrogens with one attached hydrogen (secondary N) is 7. The Hall–Kier alpha value is -8.43. The van der Waals surface area contributed by atoms with E-state index in [1.807, 2.05) is 52.9 Å². The lowest BCUT2D eigenvalue weighted by molar-refractivity contribution is -0.337. The number of benzene rings is 3. The molecule has 22 atom stereocenters. The first-order chi connectivity index (χ1) is 62.9. The van der Waals surface area contributed by atoms with Gasteiger partial charge in [-0.25, -0.2) is 14.4 Å². The minimum atomic E-state index is -2.21. The van der Waals surface area contributed by atoms with Gasteiger partial charge < -0.3 is 130 Å². The number of hydroxylamine groups is 1. The van der Waals surface area contributed by atoms with Crippen LogP contribution in [0.5, 0.6) is 17.2 Å². The van der Waals surface area contributed by atoms with Crippen LogP contribution in [-0.4, -0.2) is 284 Å². The van der Waals surface area contributed by atoms with Gasteiger partial charge in [-0.2, -0.15) is 5.48 Å². The number of thioether (sulfide) groups is 1. The number of likely N-dealkylation sites (N-methyl/N-ethyl adjacent to an activating group) is 1. The average Bonchev–Trinajstić information content (AvgIpc) is 0.708. The zero-order valence-electron chi connectivity index (χ0n) is 76.4. The summed E-state index contributed by atoms with van der Waals surface area (Å²) < 4.78 is 79.6. The number of carbonyl (C=O) groups is 9. The molecule has 0 radical (unpaired) electrons. The minimum Gasteiger partial charge on any atom is -0.492 e. The molecule has 4 aliphatic heterocycles. The fraction of sp³-hybridized carbons (Fsp3) is 0.589. The Morgan fingerprint density at radius 3 is 2.11 bits per heavy atom. The van der Waals surface area contributed by atoms with Gasteiger partial charge >= 0.3 is 18.2 Å². The highest BCUT2D eigenvalue weighted by atomic mass is 127. The van der Waals surface area contributed by atoms with Crippen molar-refractivity contribution < 1.29 is 135 Å². The normalized spacial score (nSPS) is 27.4. The number of carbonyl (C=O) groups excluding carboxylic acids is 9. The van der Waals surface area contributed by atoms with Gasteiger partial charge in [0.25, 0.3) is 0 Å². The van der Waals surface area contributed by atoms with E-state index in [2.05, 4.69) is 74.9 Å². The lowest BCUT2D eigenvalue weighted by Gasteiger charge is -2.47. The van der Waals surface area contributed by atoms with Gasteiger partial charge in [0.2, 0.25) is 40.8 Å². The molecule has 0 saturated carbocycles. The lowest BCUT2D eigenvalue weighted by Crippen LogP contribution is -2.65. The molecule has 4 fully saturated rings. The number of hydrogen-bond acceptors (Lipinski definition) is 33. The van der Waals surface area contributed by atoms with E-state index >= 15 is 0 Å². The number of methoxy groups -OCH3 is 5. The number of primary amides is 1. The molecular formula is C90H123IN10O28S3. The van der Waals surface area contributed by atoms with Crippen LogP contribution in [0.2, 0.25) is 0 Å². The molecule has 0 spiro atoms. The number of nitrogens with two attached hydrogens (primary N) is 2. The molecule has 38 nitrogen and oxygen atoms in total. The summed E-state index contributed by atoms with van der Waals surface area (Å²) in [5, 5.41) is 74.2. The van der Waals surface area contributed by atoms with E-state index in [0.717, 1.165) is 24.4 Å². The van der Waals surface area contributed by atoms with Crippen LogP contribution in [-0.2, 0) is 87.5 Å². The fourth-order valence-electron chi connectivity index (χ4n) is 15.8. The molecule has 2 aliphatic carbocycles. The highest BCUT2D eigenvalue weighted by Gasteiger charge is 2.53. The van der Waals surface area contributed by atoms with Gasteiger partial charge in [-0.1, -0.05) is 119 Å². The number of rotatable bonds is 41. The van der Waals surface area contributed by atoms with Gasteiger partial charge in [-0.05, 0) is 157 Å². The van der Waals surface area contributed by atoms with E-state index in [4.69, 9.17) is 77.9 Å². The molecule has 8 amide bonds. The second kappa shape index (κ2) is 50.4. The van der Waals surface area contributed by atoms with E-state index in [1.165, 1.54) is 63.2 Å². The first-order valence-electron chi connectivity index (χ1n) is 43.3. The Balaban J connectivity index is 0.936. The number of halogens is 1. The van der Waals surface area contributed by atoms with Gasteiger partial charge in [0.1, 0.15) is 61.4 Å². The Morgan fingerprint density at radius 1 is 0.773 bits per heavy atom. The van der Waals surface area contributed by atoms with E-state index in [0.29, 0.717) is 39.8 Å². The molecule has 3 aromatic rings. The quantitative estimate of drug-likeness (QED) is 0.0109. The second-order valence-electron chi connectivity index (χ2n) is 33.0. The number of ketones is 1. The summed E-state index contributed by atoms with van der Waals surface area (Å²) in [5.74, 6) is 8.24. The van der Waals surface area contributed by atoms with Crippen LogP contribution in [0.1, 0.15) is 141 Å². The molecule has 16 N–H and O–H groups in total. The third kappa shape index (κ3) is 27.9. The molecule has 3 aromatic carbocycles. The van der Waals surface area contributed by atoms with Crippen LogP contribution in [0.4, 0.5) is 20.1 Å². The number of amides is 8. The number of aliphatic hydroxyl groups is 5. The number of anilines is 1. The summed E-state index contributed by atoms with van der Waals surface area (Å²) in [7, 11) is 9.53. The SMILES string of the molecule is CCN(C(=O)OCc1ccc(NC(=O)[C@H](CCCNC(N)=O)NC(=O)[C@@H](NC(=O)[C@H](CCCCN)NC(C)=O)C(C)C)cc1)[C@H]1CO[C@@H](O[C@H]2[C@H](O[C@H]3C#CC=CC#C[C@]4(O)CC(=O)C(NC(=O)OC)=C3/C4=C\CSSC(C)(C)c3ccccc3)O[C@H](C)[C@@H](NO[C@H]3C[C@H](O)[C@H](SC(=O)c4c(C)c(I)c(O[C@@H]5O[C@@H](C)[C@H](O)[C@@H](OC)[C@H]5O)c(OC)c4OC)[C@@H](C)O3)[C@@H]2O)C[C@@H]1OC. The van der Waals surface area contributed by atoms with Crippen molar-refractivity contribution in [1.82, 2.24) is 37.0 Å². The van der Waals surface area contributed by atoms with E-state index in [1.54, 1.807) is 89.6 Å². The third-order valence-electron chi connectivity index (χ3n) is 22.9. The summed E-state index contributed by atoms with van der Waals surface area (Å²) >= 11 is 2.76. The maximum absolute atomic E-state index is 14.7. The fourth-order valence-corrected chi connectivity index (χ4v) is 20.0. The lowest BCUT2D eigenvalue weighted by atomic mass is 9.75. The topological polar surface area (TPSA) is 523 Å². The first kappa shape index (κ1) is 107. The third-order valence-corrected chi connectivity index (χ3v) is 28.7. The number of alkyl carbamates (subject to hydrolysis) is 1. The predicted molar refractivity (Wildman–Crippen MR) is 496 cm³/mol. The molecule has 132 heavy (non-hydrogen) atoms. The Morgan fingerprint density at radius 2 is 1.46 bits per heavy atom. The van der Waals surface area contributed by atoms with Gasteiger partial charge in [-0.15, -0.1) is 0 Å². The molecule has 726 valence electrons.